The van der Waals surface area contributed by atoms with E-state index in [2.05, 4.69) is 0 Å². The lowest BCUT2D eigenvalue weighted by Crippen LogP contribution is -2.37. The van der Waals surface area contributed by atoms with Crippen LogP contribution in [-0.2, 0) is 4.74 Å². The molecule has 0 spiro atoms. The lowest BCUT2D eigenvalue weighted by atomic mass is 9.80. The summed E-state index contributed by atoms with van der Waals surface area (Å²) in [7, 11) is 0. The van der Waals surface area contributed by atoms with Gasteiger partial charge < -0.3 is 14.9 Å². The number of hydrogen-bond acceptors (Lipinski definition) is 5. The molecular formula is C14H12O5. The number of aliphatic hydroxyl groups excluding tert-OH is 1. The van der Waals surface area contributed by atoms with E-state index in [-0.39, 0.29) is 46.3 Å². The highest BCUT2D eigenvalue weighted by Crippen LogP contribution is 2.35. The van der Waals surface area contributed by atoms with Crippen molar-refractivity contribution >= 4 is 11.6 Å². The first-order valence-electron chi connectivity index (χ1n) is 5.98. The Labute approximate surface area is 109 Å². The van der Waals surface area contributed by atoms with Crippen LogP contribution in [0.2, 0.25) is 0 Å². The second-order valence-electron chi connectivity index (χ2n) is 4.78. The third kappa shape index (κ3) is 1.70. The van der Waals surface area contributed by atoms with Crippen LogP contribution in [0.3, 0.4) is 0 Å². The summed E-state index contributed by atoms with van der Waals surface area (Å²) in [5, 5.41) is 19.3. The molecule has 2 aliphatic rings. The molecule has 0 bridgehead atoms. The average molecular weight is 260 g/mol. The summed E-state index contributed by atoms with van der Waals surface area (Å²) < 4.78 is 5.19. The number of rotatable bonds is 0. The highest BCUT2D eigenvalue weighted by molar-refractivity contribution is 6.27. The molecule has 1 aromatic rings. The molecule has 0 saturated heterocycles. The number of hydrogen-bond donors (Lipinski definition) is 2. The number of benzene rings is 1. The molecule has 5 nitrogen and oxygen atoms in total. The Morgan fingerprint density at radius 2 is 1.95 bits per heavy atom. The van der Waals surface area contributed by atoms with Crippen LogP contribution in [-0.4, -0.2) is 34.2 Å². The third-order valence-electron chi connectivity index (χ3n) is 3.44. The molecule has 3 rings (SSSR count). The van der Waals surface area contributed by atoms with E-state index in [9.17, 15) is 19.8 Å². The van der Waals surface area contributed by atoms with E-state index >= 15 is 0 Å². The van der Waals surface area contributed by atoms with E-state index < -0.39 is 12.1 Å². The summed E-state index contributed by atoms with van der Waals surface area (Å²) >= 11 is 0. The Kier molecular flexibility index (Phi) is 2.55. The van der Waals surface area contributed by atoms with Crippen LogP contribution in [0.25, 0.3) is 0 Å². The quantitative estimate of drug-likeness (QED) is 0.732. The second-order valence-corrected chi connectivity index (χ2v) is 4.78. The molecule has 0 saturated carbocycles. The number of carbonyl (C=O) groups is 2. The van der Waals surface area contributed by atoms with Crippen LogP contribution in [0.15, 0.2) is 29.3 Å². The molecule has 0 amide bonds. The van der Waals surface area contributed by atoms with Crippen molar-refractivity contribution in [2.45, 2.75) is 25.7 Å². The summed E-state index contributed by atoms with van der Waals surface area (Å²) in [5.74, 6) is -0.802. The Hall–Kier alpha value is -1.98. The van der Waals surface area contributed by atoms with Crippen molar-refractivity contribution in [2.24, 2.45) is 0 Å². The highest BCUT2D eigenvalue weighted by atomic mass is 16.6. The van der Waals surface area contributed by atoms with Crippen LogP contribution in [0.4, 0.5) is 0 Å². The fourth-order valence-corrected chi connectivity index (χ4v) is 2.57. The van der Waals surface area contributed by atoms with Gasteiger partial charge in [0.05, 0.1) is 11.7 Å². The number of fused-ring (bicyclic) bond motifs is 1. The normalized spacial score (nSPS) is 26.2. The van der Waals surface area contributed by atoms with Crippen molar-refractivity contribution in [3.05, 3.63) is 40.5 Å². The lowest BCUT2D eigenvalue weighted by molar-refractivity contribution is -0.112. The minimum absolute atomic E-state index is 0.0290. The number of ether oxygens (including phenoxy) is 1. The molecule has 1 aliphatic heterocycles. The Morgan fingerprint density at radius 3 is 2.68 bits per heavy atom. The first-order valence-corrected chi connectivity index (χ1v) is 5.98. The highest BCUT2D eigenvalue weighted by Gasteiger charge is 2.39. The van der Waals surface area contributed by atoms with E-state index in [0.717, 1.165) is 0 Å². The number of ketones is 2. The minimum Gasteiger partial charge on any atom is -0.508 e. The molecule has 98 valence electrons. The topological polar surface area (TPSA) is 83.8 Å². The zero-order valence-electron chi connectivity index (χ0n) is 10.2. The summed E-state index contributed by atoms with van der Waals surface area (Å²) in [6, 6.07) is 4.01. The third-order valence-corrected chi connectivity index (χ3v) is 3.44. The van der Waals surface area contributed by atoms with E-state index in [1.54, 1.807) is 6.92 Å². The molecule has 0 radical (unpaired) electrons. The SMILES string of the molecule is C[C@H]1CC2=C(C(=O)c3ccc(O)cc3C2=O)[C@H](O)O1. The molecular weight excluding hydrogens is 248 g/mol. The first kappa shape index (κ1) is 12.1. The molecule has 1 aromatic carbocycles. The summed E-state index contributed by atoms with van der Waals surface area (Å²) in [6.45, 7) is 1.72. The lowest BCUT2D eigenvalue weighted by Gasteiger charge is -2.31. The van der Waals surface area contributed by atoms with Crippen LogP contribution >= 0.6 is 0 Å². The van der Waals surface area contributed by atoms with Gasteiger partial charge in [-0.05, 0) is 25.1 Å². The van der Waals surface area contributed by atoms with Crippen LogP contribution in [0, 0.1) is 0 Å². The van der Waals surface area contributed by atoms with Crippen molar-refractivity contribution in [3.8, 4) is 5.75 Å². The average Bonchev–Trinajstić information content (AvgIpc) is 2.35. The zero-order chi connectivity index (χ0) is 13.7. The minimum atomic E-state index is -1.36. The van der Waals surface area contributed by atoms with Gasteiger partial charge in [0.15, 0.2) is 17.9 Å². The predicted molar refractivity (Wildman–Crippen MR) is 65.0 cm³/mol. The molecule has 2 N–H and O–H groups in total. The van der Waals surface area contributed by atoms with Gasteiger partial charge in [0, 0.05) is 23.1 Å². The van der Waals surface area contributed by atoms with E-state index in [1.165, 1.54) is 18.2 Å². The van der Waals surface area contributed by atoms with Crippen LogP contribution in [0.1, 0.15) is 34.1 Å². The Bertz CT molecular complexity index is 629. The molecule has 0 unspecified atom stereocenters. The predicted octanol–water partition coefficient (Wildman–Crippen LogP) is 1.20. The van der Waals surface area contributed by atoms with Crippen molar-refractivity contribution in [1.29, 1.82) is 0 Å². The van der Waals surface area contributed by atoms with Gasteiger partial charge in [-0.1, -0.05) is 0 Å². The number of Topliss-reactive ketones (excluding diaryl/α,β-unsaturated/α-hetero) is 2. The molecule has 1 heterocycles. The molecule has 0 aromatic heterocycles. The standard InChI is InChI=1S/C14H12O5/c1-6-4-10-11(14(18)19-6)13(17)8-3-2-7(15)5-9(8)12(10)16/h2-3,5-6,14-15,18H,4H2,1H3/t6-,14+/m0/s1. The fourth-order valence-electron chi connectivity index (χ4n) is 2.57. The van der Waals surface area contributed by atoms with E-state index in [1.807, 2.05) is 0 Å². The monoisotopic (exact) mass is 260 g/mol. The van der Waals surface area contributed by atoms with E-state index in [0.29, 0.717) is 0 Å². The second kappa shape index (κ2) is 4.01. The van der Waals surface area contributed by atoms with Gasteiger partial charge >= 0.3 is 0 Å². The Balaban J connectivity index is 2.21. The first-order chi connectivity index (χ1) is 8.99. The summed E-state index contributed by atoms with van der Waals surface area (Å²) in [5.41, 5.74) is 0.694. The largest absolute Gasteiger partial charge is 0.508 e. The van der Waals surface area contributed by atoms with Gasteiger partial charge in [0.25, 0.3) is 0 Å². The fraction of sp³-hybridized carbons (Fsp3) is 0.286. The van der Waals surface area contributed by atoms with Gasteiger partial charge in [-0.25, -0.2) is 0 Å². The molecule has 1 aliphatic carbocycles. The number of aromatic hydroxyl groups is 1. The van der Waals surface area contributed by atoms with Gasteiger partial charge in [-0.3, -0.25) is 9.59 Å². The molecule has 19 heavy (non-hydrogen) atoms. The molecule has 0 fully saturated rings. The maximum Gasteiger partial charge on any atom is 0.195 e. The number of phenols is 1. The van der Waals surface area contributed by atoms with Crippen molar-refractivity contribution in [3.63, 3.8) is 0 Å². The van der Waals surface area contributed by atoms with Gasteiger partial charge in [0.2, 0.25) is 0 Å². The maximum absolute atomic E-state index is 12.4. The summed E-state index contributed by atoms with van der Waals surface area (Å²) in [4.78, 5) is 24.6. The van der Waals surface area contributed by atoms with Crippen LogP contribution < -0.4 is 0 Å². The van der Waals surface area contributed by atoms with Crippen molar-refractivity contribution in [1.82, 2.24) is 0 Å². The van der Waals surface area contributed by atoms with Gasteiger partial charge in [0.1, 0.15) is 5.75 Å². The van der Waals surface area contributed by atoms with E-state index in [4.69, 9.17) is 4.74 Å². The zero-order valence-corrected chi connectivity index (χ0v) is 10.2. The van der Waals surface area contributed by atoms with Gasteiger partial charge in [-0.2, -0.15) is 0 Å². The number of aliphatic hydroxyl groups is 1. The number of phenolic OH excluding ortho intramolecular Hbond substituents is 1. The van der Waals surface area contributed by atoms with Crippen LogP contribution in [0.5, 0.6) is 5.75 Å². The Morgan fingerprint density at radius 1 is 1.21 bits per heavy atom. The smallest absolute Gasteiger partial charge is 0.195 e. The van der Waals surface area contributed by atoms with Crippen molar-refractivity contribution in [2.75, 3.05) is 0 Å². The van der Waals surface area contributed by atoms with Gasteiger partial charge in [-0.15, -0.1) is 0 Å². The maximum atomic E-state index is 12.4. The number of carbonyl (C=O) groups excluding carboxylic acids is 2. The molecule has 5 heteroatoms. The summed E-state index contributed by atoms with van der Waals surface area (Å²) in [6.07, 6.45) is -1.41. The molecule has 2 atom stereocenters. The van der Waals surface area contributed by atoms with Crippen molar-refractivity contribution < 1.29 is 24.5 Å².